The first kappa shape index (κ1) is 22.7. The second-order valence-electron chi connectivity index (χ2n) is 9.16. The lowest BCUT2D eigenvalue weighted by atomic mass is 9.80. The van der Waals surface area contributed by atoms with Gasteiger partial charge in [-0.05, 0) is 86.3 Å². The Bertz CT molecular complexity index is 1140. The van der Waals surface area contributed by atoms with Gasteiger partial charge in [0.1, 0.15) is 23.0 Å². The Kier molecular flexibility index (Phi) is 6.32. The van der Waals surface area contributed by atoms with Gasteiger partial charge < -0.3 is 19.1 Å². The van der Waals surface area contributed by atoms with Crippen molar-refractivity contribution in [2.24, 2.45) is 4.99 Å². The minimum absolute atomic E-state index is 0.114. The van der Waals surface area contributed by atoms with Crippen LogP contribution in [-0.4, -0.2) is 33.0 Å². The van der Waals surface area contributed by atoms with Crippen molar-refractivity contribution < 1.29 is 14.2 Å². The first-order valence-corrected chi connectivity index (χ1v) is 11.2. The largest absolute Gasteiger partial charge is 0.497 e. The third kappa shape index (κ3) is 4.82. The monoisotopic (exact) mass is 444 g/mol. The first-order chi connectivity index (χ1) is 15.8. The van der Waals surface area contributed by atoms with Crippen LogP contribution in [0.4, 0.5) is 11.4 Å². The van der Waals surface area contributed by atoms with Crippen LogP contribution in [0.3, 0.4) is 0 Å². The van der Waals surface area contributed by atoms with Crippen LogP contribution in [0.1, 0.15) is 44.2 Å². The summed E-state index contributed by atoms with van der Waals surface area (Å²) in [5.41, 5.74) is 4.51. The molecule has 33 heavy (non-hydrogen) atoms. The predicted molar refractivity (Wildman–Crippen MR) is 135 cm³/mol. The van der Waals surface area contributed by atoms with Gasteiger partial charge in [-0.25, -0.2) is 0 Å². The molecule has 0 saturated heterocycles. The summed E-state index contributed by atoms with van der Waals surface area (Å²) in [5.74, 6) is 3.61. The van der Waals surface area contributed by atoms with Gasteiger partial charge >= 0.3 is 0 Å². The van der Waals surface area contributed by atoms with E-state index < -0.39 is 0 Å². The standard InChI is InChI=1S/C28H32N2O3/c1-19-17-28(2,3)30(4)26-16-27(32-6)20(15-25(19)26)18-29-21-7-9-23(10-8-21)33-24-13-11-22(31-5)12-14-24/h7-16,18-19H,17H2,1-6H3. The Hall–Kier alpha value is -3.47. The fraction of sp³-hybridized carbons (Fsp3) is 0.321. The van der Waals surface area contributed by atoms with Crippen molar-refractivity contribution in [3.63, 3.8) is 0 Å². The fourth-order valence-electron chi connectivity index (χ4n) is 4.41. The van der Waals surface area contributed by atoms with Crippen LogP contribution in [-0.2, 0) is 0 Å². The van der Waals surface area contributed by atoms with Gasteiger partial charge in [-0.1, -0.05) is 6.92 Å². The zero-order valence-electron chi connectivity index (χ0n) is 20.3. The van der Waals surface area contributed by atoms with Crippen LogP contribution in [0.25, 0.3) is 0 Å². The Morgan fingerprint density at radius 1 is 0.909 bits per heavy atom. The maximum Gasteiger partial charge on any atom is 0.129 e. The van der Waals surface area contributed by atoms with Crippen LogP contribution < -0.4 is 19.1 Å². The third-order valence-electron chi connectivity index (χ3n) is 6.47. The highest BCUT2D eigenvalue weighted by Gasteiger charge is 2.34. The van der Waals surface area contributed by atoms with E-state index in [2.05, 4.69) is 49.8 Å². The lowest BCUT2D eigenvalue weighted by Gasteiger charge is -2.45. The maximum absolute atomic E-state index is 5.90. The molecular formula is C28H32N2O3. The number of ether oxygens (including phenoxy) is 3. The minimum Gasteiger partial charge on any atom is -0.497 e. The van der Waals surface area contributed by atoms with Crippen molar-refractivity contribution in [2.75, 3.05) is 26.2 Å². The van der Waals surface area contributed by atoms with E-state index in [9.17, 15) is 0 Å². The van der Waals surface area contributed by atoms with E-state index in [0.29, 0.717) is 5.92 Å². The molecule has 1 unspecified atom stereocenters. The SMILES string of the molecule is COc1ccc(Oc2ccc(N=Cc3cc4c(cc3OC)N(C)C(C)(C)CC4C)cc2)cc1. The molecule has 1 atom stereocenters. The molecule has 0 spiro atoms. The topological polar surface area (TPSA) is 43.3 Å². The third-order valence-corrected chi connectivity index (χ3v) is 6.47. The number of rotatable bonds is 6. The molecule has 1 aliphatic heterocycles. The van der Waals surface area contributed by atoms with E-state index in [1.165, 1.54) is 11.3 Å². The van der Waals surface area contributed by atoms with Crippen molar-refractivity contribution in [1.29, 1.82) is 0 Å². The molecule has 0 aromatic heterocycles. The molecule has 3 aromatic carbocycles. The van der Waals surface area contributed by atoms with Gasteiger partial charge in [0.05, 0.1) is 19.9 Å². The molecule has 3 aromatic rings. The molecule has 0 saturated carbocycles. The highest BCUT2D eigenvalue weighted by Crippen LogP contribution is 2.44. The van der Waals surface area contributed by atoms with E-state index in [1.807, 2.05) is 54.7 Å². The van der Waals surface area contributed by atoms with E-state index in [4.69, 9.17) is 14.2 Å². The van der Waals surface area contributed by atoms with Gasteiger partial charge in [-0.2, -0.15) is 0 Å². The fourth-order valence-corrected chi connectivity index (χ4v) is 4.41. The Balaban J connectivity index is 1.53. The summed E-state index contributed by atoms with van der Waals surface area (Å²) >= 11 is 0. The lowest BCUT2D eigenvalue weighted by molar-refractivity contribution is 0.389. The van der Waals surface area contributed by atoms with Crippen molar-refractivity contribution in [2.45, 2.75) is 38.6 Å². The van der Waals surface area contributed by atoms with Crippen molar-refractivity contribution in [3.8, 4) is 23.0 Å². The van der Waals surface area contributed by atoms with E-state index in [1.54, 1.807) is 14.2 Å². The van der Waals surface area contributed by atoms with Gasteiger partial charge in [0.2, 0.25) is 0 Å². The van der Waals surface area contributed by atoms with Gasteiger partial charge in [0.15, 0.2) is 0 Å². The highest BCUT2D eigenvalue weighted by molar-refractivity contribution is 5.87. The van der Waals surface area contributed by atoms with E-state index in [-0.39, 0.29) is 5.54 Å². The van der Waals surface area contributed by atoms with Crippen LogP contribution in [0.5, 0.6) is 23.0 Å². The van der Waals surface area contributed by atoms with E-state index in [0.717, 1.165) is 40.7 Å². The predicted octanol–water partition coefficient (Wildman–Crippen LogP) is 6.97. The molecule has 4 rings (SSSR count). The number of nitrogens with zero attached hydrogens (tertiary/aromatic N) is 2. The average molecular weight is 445 g/mol. The molecule has 1 heterocycles. The molecule has 1 aliphatic rings. The summed E-state index contributed by atoms with van der Waals surface area (Å²) in [6.45, 7) is 6.87. The number of methoxy groups -OCH3 is 2. The zero-order chi connectivity index (χ0) is 23.6. The van der Waals surface area contributed by atoms with Gasteiger partial charge in [-0.3, -0.25) is 4.99 Å². The van der Waals surface area contributed by atoms with Crippen molar-refractivity contribution in [3.05, 3.63) is 71.8 Å². The number of hydrogen-bond donors (Lipinski definition) is 0. The Morgan fingerprint density at radius 3 is 2.12 bits per heavy atom. The Labute approximate surface area is 196 Å². The maximum atomic E-state index is 5.90. The molecule has 172 valence electrons. The quantitative estimate of drug-likeness (QED) is 0.385. The second kappa shape index (κ2) is 9.18. The number of anilines is 1. The van der Waals surface area contributed by atoms with Gasteiger partial charge in [-0.15, -0.1) is 0 Å². The van der Waals surface area contributed by atoms with Crippen LogP contribution in [0.15, 0.2) is 65.7 Å². The van der Waals surface area contributed by atoms with Gasteiger partial charge in [0, 0.05) is 36.1 Å². The summed E-state index contributed by atoms with van der Waals surface area (Å²) in [6.07, 6.45) is 2.99. The number of fused-ring (bicyclic) bond motifs is 1. The summed E-state index contributed by atoms with van der Waals surface area (Å²) < 4.78 is 16.8. The van der Waals surface area contributed by atoms with Crippen molar-refractivity contribution in [1.82, 2.24) is 0 Å². The molecule has 5 heteroatoms. The van der Waals surface area contributed by atoms with E-state index >= 15 is 0 Å². The second-order valence-corrected chi connectivity index (χ2v) is 9.16. The normalized spacial score (nSPS) is 17.0. The van der Waals surface area contributed by atoms with Crippen LogP contribution in [0, 0.1) is 0 Å². The number of benzene rings is 3. The molecule has 0 radical (unpaired) electrons. The van der Waals surface area contributed by atoms with Crippen LogP contribution >= 0.6 is 0 Å². The first-order valence-electron chi connectivity index (χ1n) is 11.2. The number of aliphatic imine (C=N–C) groups is 1. The Morgan fingerprint density at radius 2 is 1.52 bits per heavy atom. The summed E-state index contributed by atoms with van der Waals surface area (Å²) in [4.78, 5) is 7.04. The minimum atomic E-state index is 0.114. The highest BCUT2D eigenvalue weighted by atomic mass is 16.5. The summed E-state index contributed by atoms with van der Waals surface area (Å²) in [6, 6.07) is 19.6. The molecule has 0 fully saturated rings. The molecule has 0 aliphatic carbocycles. The zero-order valence-corrected chi connectivity index (χ0v) is 20.3. The molecule has 0 bridgehead atoms. The summed E-state index contributed by atoms with van der Waals surface area (Å²) in [5, 5.41) is 0. The van der Waals surface area contributed by atoms with Crippen molar-refractivity contribution >= 4 is 17.6 Å². The summed E-state index contributed by atoms with van der Waals surface area (Å²) in [7, 11) is 5.52. The molecule has 0 amide bonds. The average Bonchev–Trinajstić information content (AvgIpc) is 2.82. The van der Waals surface area contributed by atoms with Gasteiger partial charge in [0.25, 0.3) is 0 Å². The smallest absolute Gasteiger partial charge is 0.129 e. The van der Waals surface area contributed by atoms with Crippen LogP contribution in [0.2, 0.25) is 0 Å². The molecule has 0 N–H and O–H groups in total. The molecule has 5 nitrogen and oxygen atoms in total. The number of hydrogen-bond acceptors (Lipinski definition) is 5. The lowest BCUT2D eigenvalue weighted by Crippen LogP contribution is -2.45. The molecular weight excluding hydrogens is 412 g/mol.